The first-order valence-electron chi connectivity index (χ1n) is 3.55. The van der Waals surface area contributed by atoms with E-state index in [1.54, 1.807) is 4.81 Å². The molecule has 2 radical (unpaired) electrons. The maximum absolute atomic E-state index is 9.27. The maximum atomic E-state index is 9.27. The van der Waals surface area contributed by atoms with E-state index in [2.05, 4.69) is 4.90 Å². The molecule has 1 saturated heterocycles. The minimum Gasteiger partial charge on any atom is -0.390 e. The molecule has 0 bridgehead atoms. The smallest absolute Gasteiger partial charge is 0.182 e. The summed E-state index contributed by atoms with van der Waals surface area (Å²) in [7, 11) is 7.52. The molecule has 0 saturated carbocycles. The predicted molar refractivity (Wildman–Crippen MR) is 40.8 cm³/mol. The molecule has 0 aliphatic carbocycles. The fraction of sp³-hybridized carbons (Fsp3) is 1.00. The van der Waals surface area contributed by atoms with Crippen LogP contribution in [0.3, 0.4) is 0 Å². The predicted octanol–water partition coefficient (Wildman–Crippen LogP) is -1.32. The molecule has 4 heteroatoms. The third-order valence-electron chi connectivity index (χ3n) is 1.74. The Labute approximate surface area is 63.0 Å². The van der Waals surface area contributed by atoms with Crippen molar-refractivity contribution in [1.29, 1.82) is 0 Å². The molecule has 0 aromatic rings. The van der Waals surface area contributed by atoms with E-state index in [1.165, 1.54) is 0 Å². The molecular weight excluding hydrogens is 127 g/mol. The zero-order valence-corrected chi connectivity index (χ0v) is 6.32. The topological polar surface area (TPSA) is 26.7 Å². The first-order valence-corrected chi connectivity index (χ1v) is 3.55. The van der Waals surface area contributed by atoms with Gasteiger partial charge in [-0.1, -0.05) is 0 Å². The van der Waals surface area contributed by atoms with Crippen LogP contribution >= 0.6 is 0 Å². The van der Waals surface area contributed by atoms with E-state index in [4.69, 9.17) is 7.98 Å². The first-order chi connectivity index (χ1) is 4.68. The van der Waals surface area contributed by atoms with Gasteiger partial charge in [-0.3, -0.25) is 0 Å². The number of likely N-dealkylation sites (N-methyl/N-ethyl adjacent to an activating group) is 1. The van der Waals surface area contributed by atoms with Gasteiger partial charge in [0.05, 0.1) is 6.10 Å². The second kappa shape index (κ2) is 3.37. The van der Waals surface area contributed by atoms with Crippen LogP contribution in [-0.2, 0) is 0 Å². The minimum absolute atomic E-state index is 0.294. The van der Waals surface area contributed by atoms with Gasteiger partial charge in [-0.25, -0.2) is 0 Å². The Morgan fingerprint density at radius 2 is 2.10 bits per heavy atom. The molecule has 1 aliphatic rings. The van der Waals surface area contributed by atoms with Crippen LogP contribution in [0.5, 0.6) is 0 Å². The van der Waals surface area contributed by atoms with Crippen LogP contribution in [-0.4, -0.2) is 62.1 Å². The summed E-state index contributed by atoms with van der Waals surface area (Å²) in [5.41, 5.74) is 0. The molecule has 0 aromatic heterocycles. The summed E-state index contributed by atoms with van der Waals surface area (Å²) in [5, 5.41) is 9.27. The number of aliphatic hydroxyl groups is 1. The molecule has 1 atom stereocenters. The number of nitrogens with zero attached hydrogens (tertiary/aromatic N) is 2. The quantitative estimate of drug-likeness (QED) is 0.422. The highest BCUT2D eigenvalue weighted by molar-refractivity contribution is 6.04. The van der Waals surface area contributed by atoms with Crippen LogP contribution in [0, 0.1) is 0 Å². The third-order valence-corrected chi connectivity index (χ3v) is 1.74. The maximum Gasteiger partial charge on any atom is 0.182 e. The average molecular weight is 140 g/mol. The summed E-state index contributed by atoms with van der Waals surface area (Å²) in [6.45, 7) is 3.10. The van der Waals surface area contributed by atoms with E-state index in [0.717, 1.165) is 19.6 Å². The van der Waals surface area contributed by atoms with Gasteiger partial charge in [0.15, 0.2) is 7.98 Å². The summed E-state index contributed by atoms with van der Waals surface area (Å²) >= 11 is 0. The zero-order valence-electron chi connectivity index (χ0n) is 6.32. The largest absolute Gasteiger partial charge is 0.390 e. The van der Waals surface area contributed by atoms with Crippen molar-refractivity contribution >= 4 is 7.98 Å². The van der Waals surface area contributed by atoms with Crippen molar-refractivity contribution in [1.82, 2.24) is 9.71 Å². The van der Waals surface area contributed by atoms with E-state index >= 15 is 0 Å². The standard InChI is InChI=1S/C6H13BN2O/c1-8-2-3-9(7)5-6(10)4-8/h6,10H,2-5H2,1H3. The number of rotatable bonds is 0. The highest BCUT2D eigenvalue weighted by atomic mass is 16.3. The summed E-state index contributed by atoms with van der Waals surface area (Å²) in [6.07, 6.45) is -0.294. The molecule has 56 valence electrons. The average Bonchev–Trinajstić information content (AvgIpc) is 1.93. The van der Waals surface area contributed by atoms with Gasteiger partial charge in [0.1, 0.15) is 0 Å². The lowest BCUT2D eigenvalue weighted by atomic mass is 10.2. The van der Waals surface area contributed by atoms with Gasteiger partial charge in [0.2, 0.25) is 0 Å². The van der Waals surface area contributed by atoms with E-state index in [-0.39, 0.29) is 6.10 Å². The molecule has 1 fully saturated rings. The summed E-state index contributed by atoms with van der Waals surface area (Å²) in [5.74, 6) is 0. The lowest BCUT2D eigenvalue weighted by Gasteiger charge is -2.14. The molecular formula is C6H13BN2O. The second-order valence-corrected chi connectivity index (χ2v) is 2.91. The molecule has 1 unspecified atom stereocenters. The van der Waals surface area contributed by atoms with E-state index < -0.39 is 0 Å². The summed E-state index contributed by atoms with van der Waals surface area (Å²) in [6, 6.07) is 0. The summed E-state index contributed by atoms with van der Waals surface area (Å²) < 4.78 is 0. The normalized spacial score (nSPS) is 32.0. The molecule has 10 heavy (non-hydrogen) atoms. The van der Waals surface area contributed by atoms with Crippen molar-refractivity contribution < 1.29 is 5.11 Å². The number of aliphatic hydroxyl groups excluding tert-OH is 1. The minimum atomic E-state index is -0.294. The van der Waals surface area contributed by atoms with Crippen molar-refractivity contribution in [2.45, 2.75) is 6.10 Å². The lowest BCUT2D eigenvalue weighted by Crippen LogP contribution is -2.31. The Kier molecular flexibility index (Phi) is 2.71. The third kappa shape index (κ3) is 2.29. The SMILES string of the molecule is [B]N1CCN(C)CC(O)C1. The molecule has 0 aromatic carbocycles. The van der Waals surface area contributed by atoms with Gasteiger partial charge in [-0.05, 0) is 13.6 Å². The van der Waals surface area contributed by atoms with Gasteiger partial charge in [-0.15, -0.1) is 0 Å². The van der Waals surface area contributed by atoms with Gasteiger partial charge in [-0.2, -0.15) is 0 Å². The number of β-amino-alcohol motifs (C(OH)–C–C–N with tert-alkyl or cyclic N) is 1. The van der Waals surface area contributed by atoms with Gasteiger partial charge < -0.3 is 14.8 Å². The van der Waals surface area contributed by atoms with Crippen LogP contribution in [0.15, 0.2) is 0 Å². The Balaban J connectivity index is 2.38. The molecule has 1 heterocycles. The van der Waals surface area contributed by atoms with Crippen molar-refractivity contribution in [3.63, 3.8) is 0 Å². The molecule has 0 amide bonds. The number of hydrogen-bond donors (Lipinski definition) is 1. The second-order valence-electron chi connectivity index (χ2n) is 2.91. The Hall–Kier alpha value is -0.0551. The molecule has 1 rings (SSSR count). The summed E-state index contributed by atoms with van der Waals surface area (Å²) in [4.78, 5) is 3.74. The molecule has 0 spiro atoms. The van der Waals surface area contributed by atoms with Crippen molar-refractivity contribution in [3.05, 3.63) is 0 Å². The molecule has 1 N–H and O–H groups in total. The van der Waals surface area contributed by atoms with Gasteiger partial charge in [0.25, 0.3) is 0 Å². The van der Waals surface area contributed by atoms with Crippen LogP contribution in [0.25, 0.3) is 0 Å². The first kappa shape index (κ1) is 8.05. The Morgan fingerprint density at radius 1 is 1.40 bits per heavy atom. The van der Waals surface area contributed by atoms with Crippen molar-refractivity contribution in [2.75, 3.05) is 33.2 Å². The highest BCUT2D eigenvalue weighted by Crippen LogP contribution is 1.97. The zero-order chi connectivity index (χ0) is 7.56. The van der Waals surface area contributed by atoms with Crippen LogP contribution in [0.2, 0.25) is 0 Å². The Bertz CT molecular complexity index is 99.9. The van der Waals surface area contributed by atoms with Crippen molar-refractivity contribution in [2.24, 2.45) is 0 Å². The fourth-order valence-corrected chi connectivity index (χ4v) is 1.17. The Morgan fingerprint density at radius 3 is 2.80 bits per heavy atom. The van der Waals surface area contributed by atoms with E-state index in [9.17, 15) is 5.11 Å². The fourth-order valence-electron chi connectivity index (χ4n) is 1.17. The van der Waals surface area contributed by atoms with E-state index in [1.807, 2.05) is 7.05 Å². The van der Waals surface area contributed by atoms with Gasteiger partial charge >= 0.3 is 0 Å². The molecule has 1 aliphatic heterocycles. The monoisotopic (exact) mass is 140 g/mol. The van der Waals surface area contributed by atoms with E-state index in [0.29, 0.717) is 6.54 Å². The number of hydrogen-bond acceptors (Lipinski definition) is 3. The highest BCUT2D eigenvalue weighted by Gasteiger charge is 2.14. The lowest BCUT2D eigenvalue weighted by molar-refractivity contribution is 0.133. The van der Waals surface area contributed by atoms with Crippen molar-refractivity contribution in [3.8, 4) is 0 Å². The molecule has 3 nitrogen and oxygen atoms in total. The van der Waals surface area contributed by atoms with Crippen LogP contribution in [0.4, 0.5) is 0 Å². The van der Waals surface area contributed by atoms with Crippen LogP contribution in [0.1, 0.15) is 0 Å². The van der Waals surface area contributed by atoms with Gasteiger partial charge in [0, 0.05) is 19.6 Å². The van der Waals surface area contributed by atoms with Crippen LogP contribution < -0.4 is 0 Å².